The molecule has 0 radical (unpaired) electrons. The van der Waals surface area contributed by atoms with Crippen molar-refractivity contribution in [2.45, 2.75) is 19.7 Å². The van der Waals surface area contributed by atoms with Crippen LogP contribution in [0.2, 0.25) is 0 Å². The van der Waals surface area contributed by atoms with Crippen molar-refractivity contribution in [1.29, 1.82) is 0 Å². The van der Waals surface area contributed by atoms with E-state index < -0.39 is 18.5 Å². The van der Waals surface area contributed by atoms with Gasteiger partial charge in [-0.05, 0) is 36.2 Å². The Balaban J connectivity index is 1.81. The minimum absolute atomic E-state index is 0.0238. The van der Waals surface area contributed by atoms with Gasteiger partial charge in [-0.2, -0.15) is 8.78 Å². The Morgan fingerprint density at radius 2 is 2.04 bits per heavy atom. The maximum atomic E-state index is 12.4. The van der Waals surface area contributed by atoms with Gasteiger partial charge in [-0.1, -0.05) is 12.1 Å². The van der Waals surface area contributed by atoms with Crippen LogP contribution in [0.3, 0.4) is 0 Å². The fourth-order valence-corrected chi connectivity index (χ4v) is 3.05. The molecular weight excluding hydrogens is 392 g/mol. The van der Waals surface area contributed by atoms with E-state index in [4.69, 9.17) is 4.74 Å². The van der Waals surface area contributed by atoms with Crippen molar-refractivity contribution in [3.63, 3.8) is 0 Å². The molecule has 0 aliphatic rings. The second-order valence-electron chi connectivity index (χ2n) is 5.85. The smallest absolute Gasteiger partial charge is 0.387 e. The van der Waals surface area contributed by atoms with Gasteiger partial charge in [-0.25, -0.2) is 4.79 Å². The summed E-state index contributed by atoms with van der Waals surface area (Å²) in [6.07, 6.45) is 0. The summed E-state index contributed by atoms with van der Waals surface area (Å²) in [4.78, 5) is 26.4. The lowest BCUT2D eigenvalue weighted by Gasteiger charge is -2.17. The lowest BCUT2D eigenvalue weighted by Crippen LogP contribution is -2.43. The van der Waals surface area contributed by atoms with E-state index in [0.717, 1.165) is 10.4 Å². The van der Waals surface area contributed by atoms with Gasteiger partial charge in [0.1, 0.15) is 0 Å². The fraction of sp³-hybridized carbons (Fsp3) is 0.333. The van der Waals surface area contributed by atoms with Crippen LogP contribution in [-0.2, 0) is 17.9 Å². The summed E-state index contributed by atoms with van der Waals surface area (Å²) < 4.78 is 34.2. The van der Waals surface area contributed by atoms with E-state index in [-0.39, 0.29) is 18.0 Å². The SMILES string of the molecule is COc1cc(CN(C)CC(=O)NC(=O)NCc2cccs2)ccc1OC(F)F. The number of urea groups is 1. The van der Waals surface area contributed by atoms with Crippen LogP contribution in [0.5, 0.6) is 11.5 Å². The minimum atomic E-state index is -2.95. The number of methoxy groups -OCH3 is 1. The van der Waals surface area contributed by atoms with Gasteiger partial charge in [-0.3, -0.25) is 15.0 Å². The predicted octanol–water partition coefficient (Wildman–Crippen LogP) is 2.82. The first-order chi connectivity index (χ1) is 13.4. The first-order valence-electron chi connectivity index (χ1n) is 8.27. The molecule has 152 valence electrons. The van der Waals surface area contributed by atoms with Gasteiger partial charge < -0.3 is 14.8 Å². The molecule has 1 aromatic heterocycles. The highest BCUT2D eigenvalue weighted by atomic mass is 32.1. The normalized spacial score (nSPS) is 10.8. The molecule has 0 saturated carbocycles. The Bertz CT molecular complexity index is 787. The highest BCUT2D eigenvalue weighted by molar-refractivity contribution is 7.09. The first-order valence-corrected chi connectivity index (χ1v) is 9.15. The maximum absolute atomic E-state index is 12.4. The van der Waals surface area contributed by atoms with E-state index in [1.54, 1.807) is 24.1 Å². The first kappa shape index (κ1) is 21.6. The summed E-state index contributed by atoms with van der Waals surface area (Å²) >= 11 is 1.51. The van der Waals surface area contributed by atoms with Crippen molar-refractivity contribution in [3.05, 3.63) is 46.2 Å². The number of thiophene rings is 1. The van der Waals surface area contributed by atoms with Crippen LogP contribution in [0.1, 0.15) is 10.4 Å². The van der Waals surface area contributed by atoms with Crippen molar-refractivity contribution in [1.82, 2.24) is 15.5 Å². The van der Waals surface area contributed by atoms with Crippen LogP contribution < -0.4 is 20.1 Å². The number of alkyl halides is 2. The Kier molecular flexibility index (Phi) is 8.15. The summed E-state index contributed by atoms with van der Waals surface area (Å²) in [6.45, 7) is -2.28. The van der Waals surface area contributed by atoms with E-state index in [2.05, 4.69) is 15.4 Å². The molecule has 3 amide bonds. The number of hydrogen-bond donors (Lipinski definition) is 2. The third-order valence-electron chi connectivity index (χ3n) is 3.57. The third-order valence-corrected chi connectivity index (χ3v) is 4.44. The zero-order valence-electron chi connectivity index (χ0n) is 15.4. The van der Waals surface area contributed by atoms with Crippen molar-refractivity contribution < 1.29 is 27.8 Å². The van der Waals surface area contributed by atoms with Crippen molar-refractivity contribution in [2.75, 3.05) is 20.7 Å². The van der Waals surface area contributed by atoms with Crippen LogP contribution in [0, 0.1) is 0 Å². The van der Waals surface area contributed by atoms with E-state index in [1.807, 2.05) is 17.5 Å². The highest BCUT2D eigenvalue weighted by Gasteiger charge is 2.14. The van der Waals surface area contributed by atoms with Gasteiger partial charge in [0, 0.05) is 11.4 Å². The number of imide groups is 1. The van der Waals surface area contributed by atoms with Crippen LogP contribution in [-0.4, -0.2) is 44.2 Å². The van der Waals surface area contributed by atoms with E-state index >= 15 is 0 Å². The largest absolute Gasteiger partial charge is 0.493 e. The predicted molar refractivity (Wildman–Crippen MR) is 101 cm³/mol. The lowest BCUT2D eigenvalue weighted by atomic mass is 10.2. The number of ether oxygens (including phenoxy) is 2. The number of rotatable bonds is 9. The third kappa shape index (κ3) is 7.12. The average molecular weight is 413 g/mol. The maximum Gasteiger partial charge on any atom is 0.387 e. The average Bonchev–Trinajstić information content (AvgIpc) is 3.14. The van der Waals surface area contributed by atoms with Gasteiger partial charge in [0.15, 0.2) is 11.5 Å². The number of carbonyl (C=O) groups is 2. The molecule has 2 rings (SSSR count). The van der Waals surface area contributed by atoms with Crippen LogP contribution in [0.15, 0.2) is 35.7 Å². The van der Waals surface area contributed by atoms with Crippen LogP contribution in [0.25, 0.3) is 0 Å². The second-order valence-corrected chi connectivity index (χ2v) is 6.88. The number of amides is 3. The van der Waals surface area contributed by atoms with Crippen molar-refractivity contribution in [2.24, 2.45) is 0 Å². The Labute approximate surface area is 165 Å². The number of carbonyl (C=O) groups excluding carboxylic acids is 2. The van der Waals surface area contributed by atoms with Gasteiger partial charge in [0.05, 0.1) is 20.2 Å². The lowest BCUT2D eigenvalue weighted by molar-refractivity contribution is -0.121. The second kappa shape index (κ2) is 10.6. The zero-order valence-corrected chi connectivity index (χ0v) is 16.2. The monoisotopic (exact) mass is 413 g/mol. The molecule has 2 aromatic rings. The van der Waals surface area contributed by atoms with Gasteiger partial charge in [-0.15, -0.1) is 11.3 Å². The van der Waals surface area contributed by atoms with Crippen LogP contribution in [0.4, 0.5) is 13.6 Å². The molecule has 0 atom stereocenters. The van der Waals surface area contributed by atoms with E-state index in [0.29, 0.717) is 13.1 Å². The standard InChI is InChI=1S/C18H21F2N3O4S/c1-23(10-12-5-6-14(27-17(19)20)15(8-12)26-2)11-16(24)22-18(25)21-9-13-4-3-7-28-13/h3-8,17H,9-11H2,1-2H3,(H2,21,22,24,25). The van der Waals surface area contributed by atoms with E-state index in [9.17, 15) is 18.4 Å². The molecule has 0 aliphatic heterocycles. The number of nitrogens with zero attached hydrogens (tertiary/aromatic N) is 1. The summed E-state index contributed by atoms with van der Waals surface area (Å²) in [6, 6.07) is 7.73. The molecule has 0 bridgehead atoms. The van der Waals surface area contributed by atoms with E-state index in [1.165, 1.54) is 24.5 Å². The molecular formula is C18H21F2N3O4S. The Hall–Kier alpha value is -2.72. The number of benzene rings is 1. The number of likely N-dealkylation sites (N-methyl/N-ethyl adjacent to an activating group) is 1. The Morgan fingerprint density at radius 3 is 2.68 bits per heavy atom. The Morgan fingerprint density at radius 1 is 1.25 bits per heavy atom. The molecule has 0 aliphatic carbocycles. The van der Waals surface area contributed by atoms with Gasteiger partial charge in [0.2, 0.25) is 5.91 Å². The summed E-state index contributed by atoms with van der Waals surface area (Å²) in [5.41, 5.74) is 0.732. The number of halogens is 2. The minimum Gasteiger partial charge on any atom is -0.493 e. The molecule has 1 aromatic carbocycles. The van der Waals surface area contributed by atoms with Crippen molar-refractivity contribution in [3.8, 4) is 11.5 Å². The molecule has 0 saturated heterocycles. The highest BCUT2D eigenvalue weighted by Crippen LogP contribution is 2.29. The summed E-state index contributed by atoms with van der Waals surface area (Å²) in [7, 11) is 3.04. The van der Waals surface area contributed by atoms with Gasteiger partial charge in [0.25, 0.3) is 0 Å². The molecule has 10 heteroatoms. The summed E-state index contributed by atoms with van der Waals surface area (Å²) in [5.74, 6) is -0.358. The molecule has 1 heterocycles. The quantitative estimate of drug-likeness (QED) is 0.661. The molecule has 7 nitrogen and oxygen atoms in total. The molecule has 2 N–H and O–H groups in total. The molecule has 0 unspecified atom stereocenters. The van der Waals surface area contributed by atoms with Gasteiger partial charge >= 0.3 is 12.6 Å². The topological polar surface area (TPSA) is 79.9 Å². The molecule has 0 spiro atoms. The number of nitrogens with one attached hydrogen (secondary N) is 2. The number of hydrogen-bond acceptors (Lipinski definition) is 6. The summed E-state index contributed by atoms with van der Waals surface area (Å²) in [5, 5.41) is 6.76. The molecule has 0 fully saturated rings. The van der Waals surface area contributed by atoms with Crippen molar-refractivity contribution >= 4 is 23.3 Å². The fourth-order valence-electron chi connectivity index (χ4n) is 2.41. The zero-order chi connectivity index (χ0) is 20.5. The van der Waals surface area contributed by atoms with Crippen LogP contribution >= 0.6 is 11.3 Å². The molecule has 28 heavy (non-hydrogen) atoms.